The molecule has 120 valence electrons. The summed E-state index contributed by atoms with van der Waals surface area (Å²) < 4.78 is 4.98. The molecule has 3 rings (SSSR count). The van der Waals surface area contributed by atoms with E-state index < -0.39 is 12.0 Å². The van der Waals surface area contributed by atoms with Crippen molar-refractivity contribution in [3.63, 3.8) is 0 Å². The van der Waals surface area contributed by atoms with Gasteiger partial charge >= 0.3 is 5.97 Å². The molecule has 1 amide bonds. The maximum absolute atomic E-state index is 12.0. The lowest BCUT2D eigenvalue weighted by atomic mass is 10.0. The van der Waals surface area contributed by atoms with Crippen LogP contribution in [0, 0.1) is 0 Å². The van der Waals surface area contributed by atoms with Gasteiger partial charge in [-0.2, -0.15) is 0 Å². The van der Waals surface area contributed by atoms with Gasteiger partial charge in [0.25, 0.3) is 0 Å². The highest BCUT2D eigenvalue weighted by Crippen LogP contribution is 2.34. The van der Waals surface area contributed by atoms with Gasteiger partial charge in [-0.05, 0) is 17.2 Å². The molecule has 1 aromatic carbocycles. The average molecular weight is 331 g/mol. The van der Waals surface area contributed by atoms with Crippen LogP contribution in [0.15, 0.2) is 53.3 Å². The van der Waals surface area contributed by atoms with E-state index in [-0.39, 0.29) is 17.7 Å². The molecule has 1 fully saturated rings. The molecule has 0 spiro atoms. The lowest BCUT2D eigenvalue weighted by molar-refractivity contribution is -0.157. The summed E-state index contributed by atoms with van der Waals surface area (Å²) in [6, 6.07) is 10.8. The second-order valence-corrected chi connectivity index (χ2v) is 6.61. The van der Waals surface area contributed by atoms with E-state index in [1.807, 2.05) is 30.3 Å². The number of β-lactam (4-membered cyclic amide) rings is 1. The fourth-order valence-corrected chi connectivity index (χ4v) is 3.88. The van der Waals surface area contributed by atoms with Gasteiger partial charge in [0.15, 0.2) is 0 Å². The Morgan fingerprint density at radius 2 is 2.09 bits per heavy atom. The molecule has 0 aliphatic carbocycles. The SMILES string of the molecule is O=C(O)C(Cc1ccoc1)N1C(=O)CC1SCc1ccccc1. The predicted molar refractivity (Wildman–Crippen MR) is 86.8 cm³/mol. The molecule has 2 aromatic rings. The number of carbonyl (C=O) groups is 2. The van der Waals surface area contributed by atoms with E-state index >= 15 is 0 Å². The third kappa shape index (κ3) is 3.59. The van der Waals surface area contributed by atoms with Gasteiger partial charge in [-0.1, -0.05) is 30.3 Å². The van der Waals surface area contributed by atoms with Crippen LogP contribution in [0.1, 0.15) is 17.5 Å². The van der Waals surface area contributed by atoms with Crippen LogP contribution >= 0.6 is 11.8 Å². The number of rotatable bonds is 7. The second kappa shape index (κ2) is 6.91. The third-order valence-electron chi connectivity index (χ3n) is 3.86. The molecule has 1 N–H and O–H groups in total. The van der Waals surface area contributed by atoms with Crippen molar-refractivity contribution < 1.29 is 19.1 Å². The number of hydrogen-bond donors (Lipinski definition) is 1. The Balaban J connectivity index is 1.65. The number of carbonyl (C=O) groups excluding carboxylic acids is 1. The average Bonchev–Trinajstić information content (AvgIpc) is 3.04. The van der Waals surface area contributed by atoms with Crippen LogP contribution < -0.4 is 0 Å². The van der Waals surface area contributed by atoms with Crippen molar-refractivity contribution in [2.45, 2.75) is 30.0 Å². The van der Waals surface area contributed by atoms with Crippen molar-refractivity contribution in [2.24, 2.45) is 0 Å². The number of carboxylic acids is 1. The largest absolute Gasteiger partial charge is 0.480 e. The summed E-state index contributed by atoms with van der Waals surface area (Å²) in [5.74, 6) is -0.330. The van der Waals surface area contributed by atoms with Crippen molar-refractivity contribution in [3.05, 3.63) is 60.1 Å². The molecule has 6 heteroatoms. The predicted octanol–water partition coefficient (Wildman–Crippen LogP) is 2.77. The van der Waals surface area contributed by atoms with Crippen LogP contribution in [0.25, 0.3) is 0 Å². The smallest absolute Gasteiger partial charge is 0.326 e. The summed E-state index contributed by atoms with van der Waals surface area (Å²) in [7, 11) is 0. The van der Waals surface area contributed by atoms with Gasteiger partial charge in [0.1, 0.15) is 6.04 Å². The van der Waals surface area contributed by atoms with Gasteiger partial charge in [-0.25, -0.2) is 4.79 Å². The lowest BCUT2D eigenvalue weighted by Crippen LogP contribution is -2.59. The zero-order chi connectivity index (χ0) is 16.2. The van der Waals surface area contributed by atoms with Crippen LogP contribution in [0.2, 0.25) is 0 Å². The molecule has 1 aliphatic heterocycles. The molecule has 5 nitrogen and oxygen atoms in total. The number of hydrogen-bond acceptors (Lipinski definition) is 4. The Kier molecular flexibility index (Phi) is 4.71. The molecule has 2 heterocycles. The first kappa shape index (κ1) is 15.7. The van der Waals surface area contributed by atoms with Crippen LogP contribution in [-0.4, -0.2) is 33.3 Å². The molecule has 0 saturated carbocycles. The van der Waals surface area contributed by atoms with E-state index in [0.29, 0.717) is 6.42 Å². The lowest BCUT2D eigenvalue weighted by Gasteiger charge is -2.43. The number of furan rings is 1. The standard InChI is InChI=1S/C17H17NO4S/c19-15-9-16(23-11-12-4-2-1-3-5-12)18(15)14(17(20)21)8-13-6-7-22-10-13/h1-7,10,14,16H,8-9,11H2,(H,20,21). The maximum Gasteiger partial charge on any atom is 0.326 e. The molecule has 1 aromatic heterocycles. The Morgan fingerprint density at radius 3 is 2.70 bits per heavy atom. The van der Waals surface area contributed by atoms with Gasteiger partial charge in [0.05, 0.1) is 24.3 Å². The summed E-state index contributed by atoms with van der Waals surface area (Å²) in [5.41, 5.74) is 1.95. The van der Waals surface area contributed by atoms with Crippen molar-refractivity contribution in [2.75, 3.05) is 0 Å². The number of carboxylic acid groups (broad SMARTS) is 1. The Hall–Kier alpha value is -2.21. The van der Waals surface area contributed by atoms with Crippen molar-refractivity contribution >= 4 is 23.6 Å². The highest BCUT2D eigenvalue weighted by molar-refractivity contribution is 7.99. The topological polar surface area (TPSA) is 70.8 Å². The van der Waals surface area contributed by atoms with Crippen molar-refractivity contribution in [3.8, 4) is 0 Å². The van der Waals surface area contributed by atoms with Crippen LogP contribution in [0.3, 0.4) is 0 Å². The second-order valence-electron chi connectivity index (χ2n) is 5.45. The molecule has 0 radical (unpaired) electrons. The Labute approximate surface area is 138 Å². The third-order valence-corrected chi connectivity index (χ3v) is 5.14. The first-order valence-corrected chi connectivity index (χ1v) is 8.40. The summed E-state index contributed by atoms with van der Waals surface area (Å²) in [6.45, 7) is 0. The van der Waals surface area contributed by atoms with Gasteiger partial charge in [-0.3, -0.25) is 4.79 Å². The van der Waals surface area contributed by atoms with E-state index in [9.17, 15) is 14.7 Å². The minimum absolute atomic E-state index is 0.0873. The van der Waals surface area contributed by atoms with E-state index in [1.165, 1.54) is 23.0 Å². The zero-order valence-corrected chi connectivity index (χ0v) is 13.2. The molecule has 1 aliphatic rings. The number of likely N-dealkylation sites (tertiary alicyclic amines) is 1. The molecule has 2 atom stereocenters. The van der Waals surface area contributed by atoms with Gasteiger partial charge in [0.2, 0.25) is 5.91 Å². The minimum Gasteiger partial charge on any atom is -0.480 e. The molecule has 1 saturated heterocycles. The first-order valence-electron chi connectivity index (χ1n) is 7.35. The minimum atomic E-state index is -0.982. The molecule has 2 unspecified atom stereocenters. The summed E-state index contributed by atoms with van der Waals surface area (Å²) in [5, 5.41) is 9.41. The highest BCUT2D eigenvalue weighted by Gasteiger charge is 2.44. The first-order chi connectivity index (χ1) is 11.1. The fraction of sp³-hybridized carbons (Fsp3) is 0.294. The summed E-state index contributed by atoms with van der Waals surface area (Å²) in [6.07, 6.45) is 3.69. The van der Waals surface area contributed by atoms with Gasteiger partial charge < -0.3 is 14.4 Å². The monoisotopic (exact) mass is 331 g/mol. The van der Waals surface area contributed by atoms with Crippen LogP contribution in [-0.2, 0) is 21.8 Å². The number of nitrogens with zero attached hydrogens (tertiary/aromatic N) is 1. The van der Waals surface area contributed by atoms with Crippen LogP contribution in [0.4, 0.5) is 0 Å². The van der Waals surface area contributed by atoms with Gasteiger partial charge in [-0.15, -0.1) is 11.8 Å². The summed E-state index contributed by atoms with van der Waals surface area (Å²) >= 11 is 1.60. The van der Waals surface area contributed by atoms with Crippen LogP contribution in [0.5, 0.6) is 0 Å². The number of aliphatic carboxylic acids is 1. The molecular formula is C17H17NO4S. The zero-order valence-electron chi connectivity index (χ0n) is 12.4. The van der Waals surface area contributed by atoms with Crippen molar-refractivity contribution in [1.82, 2.24) is 4.90 Å². The Bertz CT molecular complexity index is 671. The van der Waals surface area contributed by atoms with E-state index in [0.717, 1.165) is 11.3 Å². The van der Waals surface area contributed by atoms with Crippen molar-refractivity contribution in [1.29, 1.82) is 0 Å². The Morgan fingerprint density at radius 1 is 1.30 bits per heavy atom. The highest BCUT2D eigenvalue weighted by atomic mass is 32.2. The maximum atomic E-state index is 12.0. The fourth-order valence-electron chi connectivity index (χ4n) is 2.62. The van der Waals surface area contributed by atoms with E-state index in [4.69, 9.17) is 4.42 Å². The van der Waals surface area contributed by atoms with E-state index in [2.05, 4.69) is 0 Å². The normalized spacial score (nSPS) is 18.5. The number of amides is 1. The summed E-state index contributed by atoms with van der Waals surface area (Å²) in [4.78, 5) is 25.0. The molecule has 23 heavy (non-hydrogen) atoms. The number of thioether (sulfide) groups is 1. The quantitative estimate of drug-likeness (QED) is 0.790. The van der Waals surface area contributed by atoms with E-state index in [1.54, 1.807) is 17.8 Å². The molecular weight excluding hydrogens is 314 g/mol. The van der Waals surface area contributed by atoms with Gasteiger partial charge in [0, 0.05) is 12.2 Å². The number of benzene rings is 1. The molecule has 0 bridgehead atoms.